The number of ether oxygens (including phenoxy) is 1. The fourth-order valence-corrected chi connectivity index (χ4v) is 3.84. The van der Waals surface area contributed by atoms with Crippen LogP contribution in [-0.2, 0) is 11.3 Å². The average Bonchev–Trinajstić information content (AvgIpc) is 3.35. The molecule has 0 aliphatic carbocycles. The SMILES string of the molecule is OCc1cc(-c2cccc(-c3ncc(-c4cnn(C5CCOCC5)c4)cn3)c2)ccn1. The molecule has 1 N–H and O–H groups in total. The summed E-state index contributed by atoms with van der Waals surface area (Å²) < 4.78 is 7.47. The van der Waals surface area contributed by atoms with Crippen molar-refractivity contribution in [1.82, 2.24) is 24.7 Å². The van der Waals surface area contributed by atoms with Crippen molar-refractivity contribution >= 4 is 0 Å². The van der Waals surface area contributed by atoms with Gasteiger partial charge in [-0.25, -0.2) is 9.97 Å². The van der Waals surface area contributed by atoms with Crippen LogP contribution in [0.2, 0.25) is 0 Å². The van der Waals surface area contributed by atoms with Gasteiger partial charge in [0.05, 0.1) is 24.5 Å². The fraction of sp³-hybridized carbons (Fsp3) is 0.250. The van der Waals surface area contributed by atoms with Crippen LogP contribution in [0.4, 0.5) is 0 Å². The van der Waals surface area contributed by atoms with Gasteiger partial charge < -0.3 is 9.84 Å². The number of rotatable bonds is 5. The molecule has 7 nitrogen and oxygen atoms in total. The van der Waals surface area contributed by atoms with E-state index in [0.29, 0.717) is 17.6 Å². The molecule has 1 saturated heterocycles. The highest BCUT2D eigenvalue weighted by Crippen LogP contribution is 2.27. The third-order valence-electron chi connectivity index (χ3n) is 5.58. The summed E-state index contributed by atoms with van der Waals surface area (Å²) in [6.07, 6.45) is 11.3. The van der Waals surface area contributed by atoms with Gasteiger partial charge >= 0.3 is 0 Å². The molecule has 4 aromatic rings. The Balaban J connectivity index is 1.37. The minimum absolute atomic E-state index is 0.0801. The molecule has 1 fully saturated rings. The van der Waals surface area contributed by atoms with Crippen molar-refractivity contribution in [1.29, 1.82) is 0 Å². The molecule has 5 rings (SSSR count). The Morgan fingerprint density at radius 3 is 2.45 bits per heavy atom. The first kappa shape index (κ1) is 19.5. The maximum atomic E-state index is 9.34. The molecule has 1 aliphatic rings. The second kappa shape index (κ2) is 8.75. The van der Waals surface area contributed by atoms with Crippen LogP contribution in [0.5, 0.6) is 0 Å². The Hall–Kier alpha value is -3.42. The molecule has 0 saturated carbocycles. The summed E-state index contributed by atoms with van der Waals surface area (Å²) in [7, 11) is 0. The van der Waals surface area contributed by atoms with Crippen LogP contribution in [0.25, 0.3) is 33.6 Å². The first-order valence-electron chi connectivity index (χ1n) is 10.4. The van der Waals surface area contributed by atoms with E-state index in [1.165, 1.54) is 0 Å². The van der Waals surface area contributed by atoms with Crippen LogP contribution in [0.1, 0.15) is 24.6 Å². The van der Waals surface area contributed by atoms with E-state index in [2.05, 4.69) is 32.3 Å². The smallest absolute Gasteiger partial charge is 0.159 e. The summed E-state index contributed by atoms with van der Waals surface area (Å²) in [5.74, 6) is 0.666. The van der Waals surface area contributed by atoms with Gasteiger partial charge in [0.2, 0.25) is 0 Å². The first-order chi connectivity index (χ1) is 15.3. The molecule has 156 valence electrons. The predicted octanol–water partition coefficient (Wildman–Crippen LogP) is 3.91. The van der Waals surface area contributed by atoms with Crippen molar-refractivity contribution in [2.75, 3.05) is 13.2 Å². The van der Waals surface area contributed by atoms with Crippen LogP contribution in [0, 0.1) is 0 Å². The fourth-order valence-electron chi connectivity index (χ4n) is 3.84. The van der Waals surface area contributed by atoms with E-state index in [1.54, 1.807) is 6.20 Å². The molecule has 0 bridgehead atoms. The van der Waals surface area contributed by atoms with E-state index in [1.807, 2.05) is 53.6 Å². The van der Waals surface area contributed by atoms with E-state index in [0.717, 1.165) is 53.9 Å². The Labute approximate surface area is 180 Å². The number of hydrogen-bond donors (Lipinski definition) is 1. The second-order valence-electron chi connectivity index (χ2n) is 7.62. The Bertz CT molecular complexity index is 1170. The number of hydrogen-bond acceptors (Lipinski definition) is 6. The van der Waals surface area contributed by atoms with Gasteiger partial charge in [-0.3, -0.25) is 9.67 Å². The second-order valence-corrected chi connectivity index (χ2v) is 7.62. The highest BCUT2D eigenvalue weighted by atomic mass is 16.5. The van der Waals surface area contributed by atoms with Crippen LogP contribution in [0.3, 0.4) is 0 Å². The zero-order chi connectivity index (χ0) is 21.0. The summed E-state index contributed by atoms with van der Waals surface area (Å²) in [6.45, 7) is 1.50. The van der Waals surface area contributed by atoms with Gasteiger partial charge in [0, 0.05) is 54.7 Å². The molecule has 1 aromatic carbocycles. The lowest BCUT2D eigenvalue weighted by Gasteiger charge is -2.22. The van der Waals surface area contributed by atoms with Gasteiger partial charge in [-0.2, -0.15) is 5.10 Å². The predicted molar refractivity (Wildman–Crippen MR) is 117 cm³/mol. The first-order valence-corrected chi connectivity index (χ1v) is 10.4. The van der Waals surface area contributed by atoms with Crippen molar-refractivity contribution in [3.63, 3.8) is 0 Å². The summed E-state index contributed by atoms with van der Waals surface area (Å²) in [6, 6.07) is 12.3. The van der Waals surface area contributed by atoms with Crippen molar-refractivity contribution < 1.29 is 9.84 Å². The highest BCUT2D eigenvalue weighted by Gasteiger charge is 2.17. The zero-order valence-electron chi connectivity index (χ0n) is 17.1. The number of pyridine rings is 1. The molecule has 7 heteroatoms. The molecule has 3 aromatic heterocycles. The largest absolute Gasteiger partial charge is 0.390 e. The van der Waals surface area contributed by atoms with E-state index < -0.39 is 0 Å². The molecular formula is C24H23N5O2. The minimum Gasteiger partial charge on any atom is -0.390 e. The molecule has 0 unspecified atom stereocenters. The normalized spacial score (nSPS) is 14.6. The molecule has 4 heterocycles. The molecule has 0 spiro atoms. The quantitative estimate of drug-likeness (QED) is 0.534. The average molecular weight is 413 g/mol. The zero-order valence-corrected chi connectivity index (χ0v) is 17.1. The summed E-state index contributed by atoms with van der Waals surface area (Å²) in [4.78, 5) is 13.3. The van der Waals surface area contributed by atoms with E-state index >= 15 is 0 Å². The number of benzene rings is 1. The Morgan fingerprint density at radius 1 is 0.871 bits per heavy atom. The van der Waals surface area contributed by atoms with E-state index in [4.69, 9.17) is 4.74 Å². The Kier molecular flexibility index (Phi) is 5.52. The van der Waals surface area contributed by atoms with Gasteiger partial charge in [0.25, 0.3) is 0 Å². The monoisotopic (exact) mass is 413 g/mol. The molecule has 0 amide bonds. The molecule has 0 atom stereocenters. The van der Waals surface area contributed by atoms with Crippen LogP contribution in [-0.4, -0.2) is 43.1 Å². The van der Waals surface area contributed by atoms with Gasteiger partial charge in [-0.05, 0) is 42.2 Å². The van der Waals surface area contributed by atoms with E-state index in [9.17, 15) is 5.11 Å². The van der Waals surface area contributed by atoms with Crippen molar-refractivity contribution in [3.8, 4) is 33.6 Å². The number of aromatic nitrogens is 5. The summed E-state index contributed by atoms with van der Waals surface area (Å²) in [5, 5.41) is 13.9. The third kappa shape index (κ3) is 4.23. The Morgan fingerprint density at radius 2 is 1.65 bits per heavy atom. The van der Waals surface area contributed by atoms with Crippen molar-refractivity contribution in [2.45, 2.75) is 25.5 Å². The van der Waals surface area contributed by atoms with Gasteiger partial charge in [-0.15, -0.1) is 0 Å². The standard InChI is InChI=1S/C24H23N5O2/c30-16-22-11-18(4-7-25-22)17-2-1-3-19(10-17)24-26-12-20(13-27-24)21-14-28-29(15-21)23-5-8-31-9-6-23/h1-4,7,10-15,23,30H,5-6,8-9,16H2. The summed E-state index contributed by atoms with van der Waals surface area (Å²) >= 11 is 0. The van der Waals surface area contributed by atoms with Crippen LogP contribution in [0.15, 0.2) is 67.4 Å². The maximum Gasteiger partial charge on any atom is 0.159 e. The minimum atomic E-state index is -0.0801. The van der Waals surface area contributed by atoms with Crippen LogP contribution < -0.4 is 0 Å². The number of nitrogens with zero attached hydrogens (tertiary/aromatic N) is 5. The molecular weight excluding hydrogens is 390 g/mol. The molecule has 0 radical (unpaired) electrons. The summed E-state index contributed by atoms with van der Waals surface area (Å²) in [5.41, 5.74) is 5.56. The lowest BCUT2D eigenvalue weighted by atomic mass is 10.0. The van der Waals surface area contributed by atoms with Crippen LogP contribution >= 0.6 is 0 Å². The molecule has 1 aliphatic heterocycles. The van der Waals surface area contributed by atoms with E-state index in [-0.39, 0.29) is 6.61 Å². The lowest BCUT2D eigenvalue weighted by molar-refractivity contribution is 0.0662. The number of aliphatic hydroxyl groups is 1. The van der Waals surface area contributed by atoms with Gasteiger partial charge in [-0.1, -0.05) is 18.2 Å². The molecule has 31 heavy (non-hydrogen) atoms. The highest BCUT2D eigenvalue weighted by molar-refractivity contribution is 5.70. The number of aliphatic hydroxyl groups excluding tert-OH is 1. The third-order valence-corrected chi connectivity index (χ3v) is 5.58. The topological polar surface area (TPSA) is 86.0 Å². The van der Waals surface area contributed by atoms with Crippen molar-refractivity contribution in [2.24, 2.45) is 0 Å². The van der Waals surface area contributed by atoms with Gasteiger partial charge in [0.15, 0.2) is 5.82 Å². The van der Waals surface area contributed by atoms with Crippen molar-refractivity contribution in [3.05, 3.63) is 73.1 Å². The van der Waals surface area contributed by atoms with Gasteiger partial charge in [0.1, 0.15) is 0 Å². The maximum absolute atomic E-state index is 9.34. The lowest BCUT2D eigenvalue weighted by Crippen LogP contribution is -2.19.